The molecule has 0 saturated heterocycles. The summed E-state index contributed by atoms with van der Waals surface area (Å²) in [5.41, 5.74) is 2.38. The molecule has 0 amide bonds. The molecule has 1 aromatic heterocycles. The Bertz CT molecular complexity index is 814. The zero-order valence-corrected chi connectivity index (χ0v) is 15.6. The van der Waals surface area contributed by atoms with E-state index in [0.717, 1.165) is 23.7 Å². The largest absolute Gasteiger partial charge is 0.497 e. The van der Waals surface area contributed by atoms with E-state index in [-0.39, 0.29) is 6.04 Å². The average molecular weight is 353 g/mol. The van der Waals surface area contributed by atoms with Gasteiger partial charge >= 0.3 is 0 Å². The van der Waals surface area contributed by atoms with Crippen molar-refractivity contribution >= 4 is 11.8 Å². The predicted molar refractivity (Wildman–Crippen MR) is 103 cm³/mol. The lowest BCUT2D eigenvalue weighted by molar-refractivity contribution is 0.413. The summed E-state index contributed by atoms with van der Waals surface area (Å²) in [4.78, 5) is 5.82. The number of methoxy groups -OCH3 is 1. The van der Waals surface area contributed by atoms with Gasteiger partial charge in [-0.05, 0) is 41.6 Å². The van der Waals surface area contributed by atoms with Crippen LogP contribution in [0, 0.1) is 0 Å². The number of aryl methyl sites for hydroxylation is 1. The standard InChI is InChI=1S/C20H23N3OS/c1-23-12-11-21-20(23)19(16-5-4-6-17(13-16)24-2)22-14-15-7-9-18(25-3)10-8-15/h4-13,19,22H,14H2,1-3H3/t19-/m0/s1. The van der Waals surface area contributed by atoms with Gasteiger partial charge in [0.2, 0.25) is 0 Å². The van der Waals surface area contributed by atoms with Crippen LogP contribution < -0.4 is 10.1 Å². The molecule has 1 heterocycles. The monoisotopic (exact) mass is 353 g/mol. The van der Waals surface area contributed by atoms with E-state index in [1.165, 1.54) is 10.5 Å². The van der Waals surface area contributed by atoms with E-state index in [0.29, 0.717) is 0 Å². The zero-order valence-electron chi connectivity index (χ0n) is 14.8. The summed E-state index contributed by atoms with van der Waals surface area (Å²) >= 11 is 1.76. The van der Waals surface area contributed by atoms with Crippen LogP contribution in [-0.4, -0.2) is 22.9 Å². The Morgan fingerprint density at radius 2 is 2.00 bits per heavy atom. The lowest BCUT2D eigenvalue weighted by Crippen LogP contribution is -2.24. The number of aromatic nitrogens is 2. The number of nitrogens with zero attached hydrogens (tertiary/aromatic N) is 2. The predicted octanol–water partition coefficient (Wildman–Crippen LogP) is 4.03. The molecule has 25 heavy (non-hydrogen) atoms. The molecule has 0 aliphatic heterocycles. The van der Waals surface area contributed by atoms with Crippen molar-refractivity contribution in [3.63, 3.8) is 0 Å². The molecule has 130 valence electrons. The van der Waals surface area contributed by atoms with Gasteiger partial charge < -0.3 is 9.30 Å². The van der Waals surface area contributed by atoms with Gasteiger partial charge in [0.1, 0.15) is 11.6 Å². The summed E-state index contributed by atoms with van der Waals surface area (Å²) in [5.74, 6) is 1.83. The first-order chi connectivity index (χ1) is 12.2. The Morgan fingerprint density at radius 1 is 1.20 bits per heavy atom. The van der Waals surface area contributed by atoms with Crippen molar-refractivity contribution in [1.29, 1.82) is 0 Å². The van der Waals surface area contributed by atoms with Crippen LogP contribution in [0.5, 0.6) is 5.75 Å². The van der Waals surface area contributed by atoms with Crippen molar-refractivity contribution in [3.05, 3.63) is 77.9 Å². The van der Waals surface area contributed by atoms with Crippen LogP contribution in [0.4, 0.5) is 0 Å². The maximum atomic E-state index is 5.38. The Balaban J connectivity index is 1.84. The number of thioether (sulfide) groups is 1. The molecular formula is C20H23N3OS. The Labute approximate surface area is 153 Å². The fourth-order valence-electron chi connectivity index (χ4n) is 2.80. The first kappa shape index (κ1) is 17.6. The van der Waals surface area contributed by atoms with Crippen LogP contribution in [0.25, 0.3) is 0 Å². The van der Waals surface area contributed by atoms with Crippen LogP contribution >= 0.6 is 11.8 Å². The second kappa shape index (κ2) is 8.23. The van der Waals surface area contributed by atoms with Gasteiger partial charge in [0.05, 0.1) is 13.2 Å². The van der Waals surface area contributed by atoms with Gasteiger partial charge in [-0.1, -0.05) is 24.3 Å². The highest BCUT2D eigenvalue weighted by molar-refractivity contribution is 7.98. The van der Waals surface area contributed by atoms with Crippen molar-refractivity contribution in [3.8, 4) is 5.75 Å². The Kier molecular flexibility index (Phi) is 5.79. The summed E-state index contributed by atoms with van der Waals surface area (Å²) in [6.07, 6.45) is 5.89. The molecule has 0 aliphatic rings. The van der Waals surface area contributed by atoms with Crippen LogP contribution in [0.15, 0.2) is 65.8 Å². The number of rotatable bonds is 7. The fraction of sp³-hybridized carbons (Fsp3) is 0.250. The highest BCUT2D eigenvalue weighted by Crippen LogP contribution is 2.25. The third kappa shape index (κ3) is 4.24. The number of imidazole rings is 1. The molecule has 3 rings (SSSR count). The summed E-state index contributed by atoms with van der Waals surface area (Å²) in [6, 6.07) is 16.8. The summed E-state index contributed by atoms with van der Waals surface area (Å²) in [5, 5.41) is 3.64. The molecule has 0 fully saturated rings. The maximum Gasteiger partial charge on any atom is 0.130 e. The first-order valence-electron chi connectivity index (χ1n) is 8.18. The van der Waals surface area contributed by atoms with Crippen LogP contribution in [-0.2, 0) is 13.6 Å². The minimum atomic E-state index is -0.00433. The SMILES string of the molecule is COc1cccc([C@H](NCc2ccc(SC)cc2)c2nccn2C)c1. The molecule has 4 nitrogen and oxygen atoms in total. The molecular weight excluding hydrogens is 330 g/mol. The number of ether oxygens (including phenoxy) is 1. The van der Waals surface area contributed by atoms with E-state index in [4.69, 9.17) is 4.74 Å². The van der Waals surface area contributed by atoms with Crippen molar-refractivity contribution in [2.75, 3.05) is 13.4 Å². The molecule has 1 atom stereocenters. The highest BCUT2D eigenvalue weighted by atomic mass is 32.2. The third-order valence-corrected chi connectivity index (χ3v) is 4.96. The second-order valence-electron chi connectivity index (χ2n) is 5.83. The molecule has 0 spiro atoms. The second-order valence-corrected chi connectivity index (χ2v) is 6.71. The van der Waals surface area contributed by atoms with Gasteiger partial charge in [0, 0.05) is 30.9 Å². The van der Waals surface area contributed by atoms with E-state index >= 15 is 0 Å². The summed E-state index contributed by atoms with van der Waals surface area (Å²) in [6.45, 7) is 0.767. The lowest BCUT2D eigenvalue weighted by Gasteiger charge is -2.20. The lowest BCUT2D eigenvalue weighted by atomic mass is 10.0. The normalized spacial score (nSPS) is 12.1. The summed E-state index contributed by atoms with van der Waals surface area (Å²) in [7, 11) is 3.71. The molecule has 2 aromatic carbocycles. The number of hydrogen-bond donors (Lipinski definition) is 1. The van der Waals surface area contributed by atoms with Crippen molar-refractivity contribution < 1.29 is 4.74 Å². The number of hydrogen-bond acceptors (Lipinski definition) is 4. The minimum Gasteiger partial charge on any atom is -0.497 e. The van der Waals surface area contributed by atoms with Gasteiger partial charge in [0.25, 0.3) is 0 Å². The minimum absolute atomic E-state index is 0.00433. The maximum absolute atomic E-state index is 5.38. The molecule has 0 bridgehead atoms. The molecule has 5 heteroatoms. The Morgan fingerprint density at radius 3 is 2.64 bits per heavy atom. The van der Waals surface area contributed by atoms with Crippen LogP contribution in [0.1, 0.15) is 23.0 Å². The van der Waals surface area contributed by atoms with Gasteiger partial charge in [-0.15, -0.1) is 11.8 Å². The average Bonchev–Trinajstić information content (AvgIpc) is 3.08. The Hall–Kier alpha value is -2.24. The first-order valence-corrected chi connectivity index (χ1v) is 9.41. The van der Waals surface area contributed by atoms with E-state index in [1.54, 1.807) is 18.9 Å². The molecule has 1 N–H and O–H groups in total. The van der Waals surface area contributed by atoms with E-state index in [2.05, 4.69) is 53.0 Å². The van der Waals surface area contributed by atoms with Gasteiger partial charge in [0.15, 0.2) is 0 Å². The molecule has 0 aliphatic carbocycles. The summed E-state index contributed by atoms with van der Waals surface area (Å²) < 4.78 is 7.43. The smallest absolute Gasteiger partial charge is 0.130 e. The number of benzene rings is 2. The highest BCUT2D eigenvalue weighted by Gasteiger charge is 2.18. The van der Waals surface area contributed by atoms with Gasteiger partial charge in [-0.2, -0.15) is 0 Å². The quantitative estimate of drug-likeness (QED) is 0.651. The molecule has 0 saturated carbocycles. The van der Waals surface area contributed by atoms with Gasteiger partial charge in [-0.3, -0.25) is 5.32 Å². The topological polar surface area (TPSA) is 39.1 Å². The van der Waals surface area contributed by atoms with E-state index in [1.807, 2.05) is 36.1 Å². The van der Waals surface area contributed by atoms with Crippen molar-refractivity contribution in [2.45, 2.75) is 17.5 Å². The zero-order chi connectivity index (χ0) is 17.6. The van der Waals surface area contributed by atoms with E-state index in [9.17, 15) is 0 Å². The van der Waals surface area contributed by atoms with Crippen molar-refractivity contribution in [1.82, 2.24) is 14.9 Å². The van der Waals surface area contributed by atoms with Crippen LogP contribution in [0.3, 0.4) is 0 Å². The number of nitrogens with one attached hydrogen (secondary N) is 1. The molecule has 3 aromatic rings. The third-order valence-electron chi connectivity index (χ3n) is 4.21. The fourth-order valence-corrected chi connectivity index (χ4v) is 3.21. The molecule has 0 unspecified atom stereocenters. The van der Waals surface area contributed by atoms with Gasteiger partial charge in [-0.25, -0.2) is 4.98 Å². The van der Waals surface area contributed by atoms with Crippen LogP contribution in [0.2, 0.25) is 0 Å². The van der Waals surface area contributed by atoms with E-state index < -0.39 is 0 Å². The molecule has 0 radical (unpaired) electrons. The van der Waals surface area contributed by atoms with Crippen molar-refractivity contribution in [2.24, 2.45) is 7.05 Å².